The summed E-state index contributed by atoms with van der Waals surface area (Å²) >= 11 is 0. The van der Waals surface area contributed by atoms with Gasteiger partial charge in [0.15, 0.2) is 11.5 Å². The van der Waals surface area contributed by atoms with Crippen molar-refractivity contribution in [1.82, 2.24) is 9.80 Å². The number of hydrogen-bond donors (Lipinski definition) is 0. The molecule has 1 heterocycles. The van der Waals surface area contributed by atoms with E-state index in [1.54, 1.807) is 14.2 Å². The van der Waals surface area contributed by atoms with E-state index >= 15 is 0 Å². The number of amides is 2. The summed E-state index contributed by atoms with van der Waals surface area (Å²) in [5, 5.41) is 0. The minimum absolute atomic E-state index is 0.117. The van der Waals surface area contributed by atoms with Crippen molar-refractivity contribution in [1.29, 1.82) is 0 Å². The van der Waals surface area contributed by atoms with Crippen LogP contribution in [0.25, 0.3) is 0 Å². The molecule has 0 aromatic heterocycles. The molecule has 154 valence electrons. The van der Waals surface area contributed by atoms with Gasteiger partial charge in [0.25, 0.3) is 0 Å². The molecule has 6 nitrogen and oxygen atoms in total. The number of rotatable bonds is 8. The summed E-state index contributed by atoms with van der Waals surface area (Å²) in [6.07, 6.45) is 3.39. The van der Waals surface area contributed by atoms with Crippen molar-refractivity contribution in [2.24, 2.45) is 11.8 Å². The maximum absolute atomic E-state index is 13.0. The molecule has 1 aromatic rings. The Hall–Kier alpha value is -2.24. The van der Waals surface area contributed by atoms with E-state index in [-0.39, 0.29) is 23.7 Å². The first-order valence-electron chi connectivity index (χ1n) is 10.3. The van der Waals surface area contributed by atoms with Crippen molar-refractivity contribution in [2.45, 2.75) is 46.1 Å². The molecular weight excluding hydrogens is 356 g/mol. The van der Waals surface area contributed by atoms with Crippen LogP contribution in [0.4, 0.5) is 0 Å². The highest BCUT2D eigenvalue weighted by molar-refractivity contribution is 5.92. The van der Waals surface area contributed by atoms with Gasteiger partial charge in [0.1, 0.15) is 0 Å². The van der Waals surface area contributed by atoms with Crippen LogP contribution in [0.2, 0.25) is 0 Å². The van der Waals surface area contributed by atoms with E-state index in [2.05, 4.69) is 13.8 Å². The zero-order valence-corrected chi connectivity index (χ0v) is 17.5. The fourth-order valence-electron chi connectivity index (χ4n) is 4.15. The molecule has 1 aromatic carbocycles. The second-order valence-electron chi connectivity index (χ2n) is 7.76. The minimum Gasteiger partial charge on any atom is -0.493 e. The fraction of sp³-hybridized carbons (Fsp3) is 0.636. The zero-order chi connectivity index (χ0) is 20.3. The van der Waals surface area contributed by atoms with Crippen LogP contribution in [0.15, 0.2) is 12.1 Å². The molecule has 1 saturated carbocycles. The lowest BCUT2D eigenvalue weighted by atomic mass is 9.98. The van der Waals surface area contributed by atoms with Gasteiger partial charge in [0.2, 0.25) is 11.8 Å². The summed E-state index contributed by atoms with van der Waals surface area (Å²) in [5.41, 5.74) is 2.29. The van der Waals surface area contributed by atoms with Crippen LogP contribution in [0, 0.1) is 11.8 Å². The van der Waals surface area contributed by atoms with Crippen LogP contribution >= 0.6 is 0 Å². The summed E-state index contributed by atoms with van der Waals surface area (Å²) < 4.78 is 10.8. The van der Waals surface area contributed by atoms with Gasteiger partial charge in [-0.25, -0.2) is 0 Å². The van der Waals surface area contributed by atoms with Crippen molar-refractivity contribution in [3.05, 3.63) is 23.3 Å². The van der Waals surface area contributed by atoms with E-state index in [0.717, 1.165) is 43.7 Å². The van der Waals surface area contributed by atoms with E-state index < -0.39 is 0 Å². The van der Waals surface area contributed by atoms with Crippen molar-refractivity contribution in [3.63, 3.8) is 0 Å². The lowest BCUT2D eigenvalue weighted by molar-refractivity contribution is -0.138. The van der Waals surface area contributed by atoms with Crippen LogP contribution in [-0.4, -0.2) is 55.5 Å². The van der Waals surface area contributed by atoms with Gasteiger partial charge >= 0.3 is 0 Å². The van der Waals surface area contributed by atoms with Crippen molar-refractivity contribution < 1.29 is 19.1 Å². The van der Waals surface area contributed by atoms with Crippen LogP contribution in [0.5, 0.6) is 11.5 Å². The molecule has 28 heavy (non-hydrogen) atoms. The normalized spacial score (nSPS) is 20.4. The van der Waals surface area contributed by atoms with Gasteiger partial charge < -0.3 is 19.3 Å². The summed E-state index contributed by atoms with van der Waals surface area (Å²) in [6.45, 7) is 6.98. The first-order valence-corrected chi connectivity index (χ1v) is 10.3. The number of methoxy groups -OCH3 is 2. The Kier molecular flexibility index (Phi) is 6.47. The molecule has 0 radical (unpaired) electrons. The monoisotopic (exact) mass is 388 g/mol. The number of nitrogens with zero attached hydrogens (tertiary/aromatic N) is 2. The van der Waals surface area contributed by atoms with Gasteiger partial charge in [0.05, 0.1) is 26.1 Å². The summed E-state index contributed by atoms with van der Waals surface area (Å²) in [6, 6.07) is 3.97. The number of carbonyl (C=O) groups is 2. The molecule has 6 heteroatoms. The van der Waals surface area contributed by atoms with Crippen LogP contribution < -0.4 is 9.47 Å². The molecule has 1 fully saturated rings. The first-order chi connectivity index (χ1) is 13.5. The third kappa shape index (κ3) is 4.10. The van der Waals surface area contributed by atoms with E-state index in [1.165, 1.54) is 5.56 Å². The Balaban J connectivity index is 1.65. The highest BCUT2D eigenvalue weighted by atomic mass is 16.5. The Morgan fingerprint density at radius 3 is 2.21 bits per heavy atom. The van der Waals surface area contributed by atoms with E-state index in [9.17, 15) is 9.59 Å². The minimum atomic E-state index is -0.148. The molecule has 2 atom stereocenters. The number of fused-ring (bicyclic) bond motifs is 1. The molecule has 0 bridgehead atoms. The Bertz CT molecular complexity index is 727. The Morgan fingerprint density at radius 2 is 1.64 bits per heavy atom. The lowest BCUT2D eigenvalue weighted by Crippen LogP contribution is -2.39. The maximum Gasteiger partial charge on any atom is 0.226 e. The van der Waals surface area contributed by atoms with E-state index in [1.807, 2.05) is 21.9 Å². The van der Waals surface area contributed by atoms with E-state index in [4.69, 9.17) is 9.47 Å². The summed E-state index contributed by atoms with van der Waals surface area (Å²) in [4.78, 5) is 29.6. The van der Waals surface area contributed by atoms with Gasteiger partial charge in [-0.3, -0.25) is 9.59 Å². The molecule has 0 saturated heterocycles. The van der Waals surface area contributed by atoms with Crippen LogP contribution in [0.1, 0.15) is 44.2 Å². The first kappa shape index (κ1) is 20.5. The maximum atomic E-state index is 13.0. The zero-order valence-electron chi connectivity index (χ0n) is 17.5. The van der Waals surface area contributed by atoms with Crippen LogP contribution in [0.3, 0.4) is 0 Å². The third-order valence-corrected chi connectivity index (χ3v) is 5.75. The predicted molar refractivity (Wildman–Crippen MR) is 107 cm³/mol. The molecule has 2 unspecified atom stereocenters. The molecule has 1 aliphatic heterocycles. The highest BCUT2D eigenvalue weighted by Gasteiger charge is 2.50. The Morgan fingerprint density at radius 1 is 1.04 bits per heavy atom. The molecule has 3 rings (SSSR count). The molecule has 0 spiro atoms. The highest BCUT2D eigenvalue weighted by Crippen LogP contribution is 2.42. The van der Waals surface area contributed by atoms with Gasteiger partial charge in [-0.1, -0.05) is 13.8 Å². The third-order valence-electron chi connectivity index (χ3n) is 5.75. The quantitative estimate of drug-likeness (QED) is 0.687. The van der Waals surface area contributed by atoms with E-state index in [0.29, 0.717) is 25.3 Å². The second-order valence-corrected chi connectivity index (χ2v) is 7.76. The number of benzene rings is 1. The average Bonchev–Trinajstić information content (AvgIpc) is 3.51. The average molecular weight is 389 g/mol. The topological polar surface area (TPSA) is 59.1 Å². The SMILES string of the molecule is CCCN(CCC)C(=O)C1CC1C(=O)N1CCc2cc(OC)c(OC)cc2C1. The van der Waals surface area contributed by atoms with Crippen LogP contribution in [-0.2, 0) is 22.6 Å². The van der Waals surface area contributed by atoms with Crippen molar-refractivity contribution in [2.75, 3.05) is 33.9 Å². The van der Waals surface area contributed by atoms with Gasteiger partial charge in [-0.15, -0.1) is 0 Å². The van der Waals surface area contributed by atoms with Gasteiger partial charge in [0, 0.05) is 26.2 Å². The van der Waals surface area contributed by atoms with Crippen molar-refractivity contribution >= 4 is 11.8 Å². The number of hydrogen-bond acceptors (Lipinski definition) is 4. The van der Waals surface area contributed by atoms with Gasteiger partial charge in [-0.2, -0.15) is 0 Å². The number of ether oxygens (including phenoxy) is 2. The number of carbonyl (C=O) groups excluding carboxylic acids is 2. The molecular formula is C22H32N2O4. The lowest BCUT2D eigenvalue weighted by Gasteiger charge is -2.30. The molecule has 2 amide bonds. The summed E-state index contributed by atoms with van der Waals surface area (Å²) in [7, 11) is 3.25. The summed E-state index contributed by atoms with van der Waals surface area (Å²) in [5.74, 6) is 1.41. The van der Waals surface area contributed by atoms with Crippen molar-refractivity contribution in [3.8, 4) is 11.5 Å². The predicted octanol–water partition coefficient (Wildman–Crippen LogP) is 2.87. The fourth-order valence-corrected chi connectivity index (χ4v) is 4.15. The molecule has 0 N–H and O–H groups in total. The second kappa shape index (κ2) is 8.84. The standard InChI is InChI=1S/C22H32N2O4/c1-5-8-23(9-6-2)21(25)17-13-18(17)22(26)24-10-7-15-11-19(27-3)20(28-4)12-16(15)14-24/h11-12,17-18H,5-10,13-14H2,1-4H3. The smallest absolute Gasteiger partial charge is 0.226 e. The largest absolute Gasteiger partial charge is 0.493 e. The van der Waals surface area contributed by atoms with Gasteiger partial charge in [-0.05, 0) is 48.9 Å². The molecule has 1 aliphatic carbocycles. The molecule has 2 aliphatic rings. The Labute approximate surface area is 167 Å².